The molecule has 0 atom stereocenters. The number of rotatable bonds is 2. The van der Waals surface area contributed by atoms with E-state index in [0.29, 0.717) is 23.7 Å². The summed E-state index contributed by atoms with van der Waals surface area (Å²) in [5.41, 5.74) is 0.549. The number of nitrogens with one attached hydrogen (secondary N) is 1. The second-order valence-corrected chi connectivity index (χ2v) is 4.93. The van der Waals surface area contributed by atoms with Crippen LogP contribution in [0, 0.1) is 0 Å². The van der Waals surface area contributed by atoms with Crippen LogP contribution in [0.5, 0.6) is 5.75 Å². The van der Waals surface area contributed by atoms with E-state index in [2.05, 4.69) is 9.71 Å². The van der Waals surface area contributed by atoms with Gasteiger partial charge in [0.2, 0.25) is 0 Å². The minimum atomic E-state index is -3.59. The van der Waals surface area contributed by atoms with Crippen LogP contribution in [0.3, 0.4) is 0 Å². The SMILES string of the molecule is CCC1=NS(=O)(=O)c2cc(OC)ccc2N1. The lowest BCUT2D eigenvalue weighted by Crippen LogP contribution is -2.20. The van der Waals surface area contributed by atoms with E-state index in [4.69, 9.17) is 4.74 Å². The van der Waals surface area contributed by atoms with Crippen molar-refractivity contribution in [2.75, 3.05) is 12.4 Å². The van der Waals surface area contributed by atoms with E-state index in [0.717, 1.165) is 0 Å². The molecule has 0 saturated carbocycles. The fourth-order valence-electron chi connectivity index (χ4n) is 1.47. The molecule has 0 unspecified atom stereocenters. The predicted octanol–water partition coefficient (Wildman–Crippen LogP) is 1.62. The first-order valence-corrected chi connectivity index (χ1v) is 6.29. The standard InChI is InChI=1S/C10H12N2O3S/c1-3-10-11-8-5-4-7(15-2)6-9(8)16(13,14)12-10/h4-6H,3H2,1-2H3,(H,11,12). The van der Waals surface area contributed by atoms with Gasteiger partial charge in [-0.3, -0.25) is 0 Å². The highest BCUT2D eigenvalue weighted by Gasteiger charge is 2.24. The molecule has 1 heterocycles. The highest BCUT2D eigenvalue weighted by atomic mass is 32.2. The van der Waals surface area contributed by atoms with Gasteiger partial charge in [0.15, 0.2) is 0 Å². The van der Waals surface area contributed by atoms with Gasteiger partial charge in [0, 0.05) is 12.5 Å². The predicted molar refractivity (Wildman–Crippen MR) is 61.5 cm³/mol. The van der Waals surface area contributed by atoms with Gasteiger partial charge in [-0.2, -0.15) is 8.42 Å². The van der Waals surface area contributed by atoms with Crippen LogP contribution in [-0.4, -0.2) is 21.4 Å². The first-order chi connectivity index (χ1) is 7.56. The fraction of sp³-hybridized carbons (Fsp3) is 0.300. The second kappa shape index (κ2) is 3.79. The van der Waals surface area contributed by atoms with Crippen LogP contribution in [0.2, 0.25) is 0 Å². The molecular weight excluding hydrogens is 228 g/mol. The van der Waals surface area contributed by atoms with Gasteiger partial charge in [-0.1, -0.05) is 6.92 Å². The van der Waals surface area contributed by atoms with Crippen LogP contribution in [0.1, 0.15) is 13.3 Å². The highest BCUT2D eigenvalue weighted by molar-refractivity contribution is 7.90. The van der Waals surface area contributed by atoms with Gasteiger partial charge in [0.05, 0.1) is 12.8 Å². The van der Waals surface area contributed by atoms with Gasteiger partial charge >= 0.3 is 0 Å². The minimum absolute atomic E-state index is 0.157. The average Bonchev–Trinajstić information content (AvgIpc) is 2.27. The summed E-state index contributed by atoms with van der Waals surface area (Å²) in [5, 5.41) is 2.97. The summed E-state index contributed by atoms with van der Waals surface area (Å²) in [4.78, 5) is 0.157. The summed E-state index contributed by atoms with van der Waals surface area (Å²) in [6.07, 6.45) is 0.546. The largest absolute Gasteiger partial charge is 0.497 e. The van der Waals surface area contributed by atoms with Crippen molar-refractivity contribution in [3.63, 3.8) is 0 Å². The molecule has 0 radical (unpaired) electrons. The van der Waals surface area contributed by atoms with E-state index in [-0.39, 0.29) is 4.90 Å². The maximum atomic E-state index is 11.8. The van der Waals surface area contributed by atoms with Gasteiger partial charge < -0.3 is 10.1 Å². The zero-order valence-electron chi connectivity index (χ0n) is 9.02. The van der Waals surface area contributed by atoms with Gasteiger partial charge in [0.1, 0.15) is 16.5 Å². The van der Waals surface area contributed by atoms with Crippen molar-refractivity contribution in [1.82, 2.24) is 0 Å². The Morgan fingerprint density at radius 2 is 2.19 bits per heavy atom. The Labute approximate surface area is 94.2 Å². The Hall–Kier alpha value is -1.56. The molecule has 0 amide bonds. The molecule has 1 aliphatic heterocycles. The fourth-order valence-corrected chi connectivity index (χ4v) is 2.70. The zero-order chi connectivity index (χ0) is 11.8. The third-order valence-electron chi connectivity index (χ3n) is 2.31. The van der Waals surface area contributed by atoms with Gasteiger partial charge in [-0.15, -0.1) is 4.40 Å². The molecule has 1 aromatic rings. The number of anilines is 1. The molecule has 16 heavy (non-hydrogen) atoms. The van der Waals surface area contributed by atoms with E-state index in [1.54, 1.807) is 12.1 Å². The quantitative estimate of drug-likeness (QED) is 0.852. The molecule has 1 aliphatic rings. The number of amidine groups is 1. The van der Waals surface area contributed by atoms with Crippen molar-refractivity contribution in [3.8, 4) is 5.75 Å². The van der Waals surface area contributed by atoms with Crippen LogP contribution in [0.15, 0.2) is 27.5 Å². The molecular formula is C10H12N2O3S. The van der Waals surface area contributed by atoms with E-state index in [9.17, 15) is 8.42 Å². The maximum absolute atomic E-state index is 11.8. The summed E-state index contributed by atoms with van der Waals surface area (Å²) in [7, 11) is -2.10. The smallest absolute Gasteiger partial charge is 0.286 e. The third kappa shape index (κ3) is 1.76. The lowest BCUT2D eigenvalue weighted by Gasteiger charge is -2.17. The summed E-state index contributed by atoms with van der Waals surface area (Å²) in [5.74, 6) is 0.956. The molecule has 0 bridgehead atoms. The van der Waals surface area contributed by atoms with Crippen molar-refractivity contribution in [2.24, 2.45) is 4.40 Å². The molecule has 2 rings (SSSR count). The average molecular weight is 240 g/mol. The number of nitrogens with zero attached hydrogens (tertiary/aromatic N) is 1. The topological polar surface area (TPSA) is 67.8 Å². The maximum Gasteiger partial charge on any atom is 0.286 e. The van der Waals surface area contributed by atoms with Crippen molar-refractivity contribution in [1.29, 1.82) is 0 Å². The van der Waals surface area contributed by atoms with Crippen molar-refractivity contribution < 1.29 is 13.2 Å². The Bertz CT molecular complexity index is 549. The van der Waals surface area contributed by atoms with E-state index < -0.39 is 10.0 Å². The molecule has 6 heteroatoms. The monoisotopic (exact) mass is 240 g/mol. The molecule has 1 N–H and O–H groups in total. The summed E-state index contributed by atoms with van der Waals surface area (Å²) < 4.78 is 32.3. The summed E-state index contributed by atoms with van der Waals surface area (Å²) >= 11 is 0. The second-order valence-electron chi connectivity index (χ2n) is 3.35. The van der Waals surface area contributed by atoms with Crippen LogP contribution in [0.25, 0.3) is 0 Å². The molecule has 0 aliphatic carbocycles. The van der Waals surface area contributed by atoms with Gasteiger partial charge in [-0.25, -0.2) is 0 Å². The van der Waals surface area contributed by atoms with Gasteiger partial charge in [0.25, 0.3) is 10.0 Å². The Kier molecular flexibility index (Phi) is 2.59. The zero-order valence-corrected chi connectivity index (χ0v) is 9.84. The number of benzene rings is 1. The summed E-state index contributed by atoms with van der Waals surface area (Å²) in [6, 6.07) is 4.85. The number of hydrogen-bond donors (Lipinski definition) is 1. The molecule has 5 nitrogen and oxygen atoms in total. The number of sulfonamides is 1. The van der Waals surface area contributed by atoms with E-state index in [1.807, 2.05) is 6.92 Å². The Morgan fingerprint density at radius 1 is 1.44 bits per heavy atom. The van der Waals surface area contributed by atoms with E-state index in [1.165, 1.54) is 13.2 Å². The highest BCUT2D eigenvalue weighted by Crippen LogP contribution is 2.30. The van der Waals surface area contributed by atoms with Crippen molar-refractivity contribution in [2.45, 2.75) is 18.2 Å². The Balaban J connectivity index is 2.59. The number of fused-ring (bicyclic) bond motifs is 1. The van der Waals surface area contributed by atoms with Crippen LogP contribution < -0.4 is 10.1 Å². The molecule has 86 valence electrons. The minimum Gasteiger partial charge on any atom is -0.497 e. The molecule has 0 fully saturated rings. The summed E-state index contributed by atoms with van der Waals surface area (Å²) in [6.45, 7) is 1.84. The van der Waals surface area contributed by atoms with Crippen LogP contribution in [-0.2, 0) is 10.0 Å². The van der Waals surface area contributed by atoms with Crippen molar-refractivity contribution >= 4 is 21.5 Å². The lowest BCUT2D eigenvalue weighted by atomic mass is 10.3. The first kappa shape index (κ1) is 10.9. The first-order valence-electron chi connectivity index (χ1n) is 4.85. The number of hydrogen-bond acceptors (Lipinski definition) is 4. The van der Waals surface area contributed by atoms with Crippen LogP contribution in [0.4, 0.5) is 5.69 Å². The Morgan fingerprint density at radius 3 is 2.81 bits per heavy atom. The third-order valence-corrected chi connectivity index (χ3v) is 3.67. The van der Waals surface area contributed by atoms with Crippen LogP contribution >= 0.6 is 0 Å². The normalized spacial score (nSPS) is 17.0. The van der Waals surface area contributed by atoms with Gasteiger partial charge in [-0.05, 0) is 12.1 Å². The lowest BCUT2D eigenvalue weighted by molar-refractivity contribution is 0.413. The van der Waals surface area contributed by atoms with Crippen molar-refractivity contribution in [3.05, 3.63) is 18.2 Å². The van der Waals surface area contributed by atoms with E-state index >= 15 is 0 Å². The molecule has 0 spiro atoms. The number of methoxy groups -OCH3 is 1. The molecule has 1 aromatic carbocycles. The molecule has 0 saturated heterocycles. The number of ether oxygens (including phenoxy) is 1. The molecule has 0 aromatic heterocycles.